The van der Waals surface area contributed by atoms with Crippen LogP contribution in [-0.4, -0.2) is 39.6 Å². The third-order valence-corrected chi connectivity index (χ3v) is 5.11. The zero-order valence-corrected chi connectivity index (χ0v) is 14.3. The van der Waals surface area contributed by atoms with Gasteiger partial charge in [0.1, 0.15) is 16.5 Å². The van der Waals surface area contributed by atoms with Gasteiger partial charge >= 0.3 is 12.0 Å². The molecule has 1 N–H and O–H groups in total. The summed E-state index contributed by atoms with van der Waals surface area (Å²) in [7, 11) is 0. The Morgan fingerprint density at radius 2 is 2.00 bits per heavy atom. The van der Waals surface area contributed by atoms with Crippen LogP contribution in [0.5, 0.6) is 0 Å². The Morgan fingerprint density at radius 3 is 2.56 bits per heavy atom. The number of rotatable bonds is 4. The van der Waals surface area contributed by atoms with Gasteiger partial charge in [-0.05, 0) is 31.5 Å². The zero-order chi connectivity index (χ0) is 18.3. The van der Waals surface area contributed by atoms with Crippen LogP contribution in [0.3, 0.4) is 0 Å². The van der Waals surface area contributed by atoms with Gasteiger partial charge in [-0.3, -0.25) is 4.90 Å². The van der Waals surface area contributed by atoms with Gasteiger partial charge in [-0.1, -0.05) is 11.3 Å². The molecule has 1 saturated heterocycles. The van der Waals surface area contributed by atoms with E-state index in [1.54, 1.807) is 6.92 Å². The lowest BCUT2D eigenvalue weighted by Gasteiger charge is -2.20. The van der Waals surface area contributed by atoms with Gasteiger partial charge in [0.15, 0.2) is 5.13 Å². The minimum Gasteiger partial charge on any atom is -0.477 e. The number of hydrogen-bond donors (Lipinski definition) is 1. The molecule has 1 fully saturated rings. The van der Waals surface area contributed by atoms with E-state index in [1.165, 1.54) is 21.9 Å². The SMILES string of the molecule is Cc1nc(N2C[C@@H](C)N(Cc3cc(F)cc(F)c3)C2=O)sc1C(=O)O. The smallest absolute Gasteiger partial charge is 0.347 e. The summed E-state index contributed by atoms with van der Waals surface area (Å²) in [6.45, 7) is 3.76. The number of benzene rings is 1. The van der Waals surface area contributed by atoms with E-state index in [1.807, 2.05) is 6.92 Å². The Labute approximate surface area is 146 Å². The van der Waals surface area contributed by atoms with Crippen molar-refractivity contribution < 1.29 is 23.5 Å². The number of aryl methyl sites for hydroxylation is 1. The molecule has 0 unspecified atom stereocenters. The largest absolute Gasteiger partial charge is 0.477 e. The number of carboxylic acids is 1. The molecular weight excluding hydrogens is 352 g/mol. The Kier molecular flexibility index (Phi) is 4.42. The molecule has 0 radical (unpaired) electrons. The van der Waals surface area contributed by atoms with Crippen LogP contribution in [0.4, 0.5) is 18.7 Å². The van der Waals surface area contributed by atoms with Crippen LogP contribution in [0.25, 0.3) is 0 Å². The van der Waals surface area contributed by atoms with E-state index >= 15 is 0 Å². The van der Waals surface area contributed by atoms with Gasteiger partial charge in [0.05, 0.1) is 12.2 Å². The Balaban J connectivity index is 1.83. The van der Waals surface area contributed by atoms with Gasteiger partial charge in [0, 0.05) is 18.7 Å². The molecule has 1 atom stereocenters. The molecule has 1 aromatic heterocycles. The highest BCUT2D eigenvalue weighted by molar-refractivity contribution is 7.17. The van der Waals surface area contributed by atoms with Crippen LogP contribution in [0.2, 0.25) is 0 Å². The molecule has 2 amide bonds. The number of nitrogens with zero attached hydrogens (tertiary/aromatic N) is 3. The number of urea groups is 1. The molecule has 132 valence electrons. The quantitative estimate of drug-likeness (QED) is 0.900. The molecule has 1 aliphatic heterocycles. The summed E-state index contributed by atoms with van der Waals surface area (Å²) in [5, 5.41) is 9.43. The summed E-state index contributed by atoms with van der Waals surface area (Å²) in [5.74, 6) is -2.49. The van der Waals surface area contributed by atoms with E-state index < -0.39 is 17.6 Å². The van der Waals surface area contributed by atoms with Crippen molar-refractivity contribution in [2.24, 2.45) is 0 Å². The number of anilines is 1. The Bertz CT molecular complexity index is 835. The molecule has 3 rings (SSSR count). The highest BCUT2D eigenvalue weighted by Crippen LogP contribution is 2.31. The van der Waals surface area contributed by atoms with Crippen LogP contribution >= 0.6 is 11.3 Å². The Morgan fingerprint density at radius 1 is 1.36 bits per heavy atom. The summed E-state index contributed by atoms with van der Waals surface area (Å²) < 4.78 is 26.7. The fourth-order valence-corrected chi connectivity index (χ4v) is 3.67. The topological polar surface area (TPSA) is 73.7 Å². The molecule has 0 bridgehead atoms. The van der Waals surface area contributed by atoms with Crippen molar-refractivity contribution in [1.29, 1.82) is 0 Å². The highest BCUT2D eigenvalue weighted by Gasteiger charge is 2.37. The molecule has 0 aliphatic carbocycles. The molecule has 9 heteroatoms. The zero-order valence-electron chi connectivity index (χ0n) is 13.5. The van der Waals surface area contributed by atoms with Crippen LogP contribution in [0.15, 0.2) is 18.2 Å². The third kappa shape index (κ3) is 3.32. The van der Waals surface area contributed by atoms with Gasteiger partial charge in [0.2, 0.25) is 0 Å². The first-order valence-electron chi connectivity index (χ1n) is 7.50. The van der Waals surface area contributed by atoms with Crippen LogP contribution < -0.4 is 4.90 Å². The number of carbonyl (C=O) groups is 2. The predicted molar refractivity (Wildman–Crippen MR) is 87.9 cm³/mol. The number of aromatic carboxylic acids is 1. The number of aromatic nitrogens is 1. The van der Waals surface area contributed by atoms with E-state index in [0.29, 0.717) is 22.9 Å². The van der Waals surface area contributed by atoms with Gasteiger partial charge in [-0.15, -0.1) is 0 Å². The number of amides is 2. The normalized spacial score (nSPS) is 17.4. The van der Waals surface area contributed by atoms with Crippen molar-refractivity contribution in [1.82, 2.24) is 9.88 Å². The van der Waals surface area contributed by atoms with Crippen molar-refractivity contribution in [3.05, 3.63) is 46.0 Å². The summed E-state index contributed by atoms with van der Waals surface area (Å²) in [4.78, 5) is 30.9. The highest BCUT2D eigenvalue weighted by atomic mass is 32.1. The summed E-state index contributed by atoms with van der Waals surface area (Å²) in [6, 6.07) is 2.56. The fraction of sp³-hybridized carbons (Fsp3) is 0.312. The van der Waals surface area contributed by atoms with Gasteiger partial charge in [-0.2, -0.15) is 0 Å². The summed E-state index contributed by atoms with van der Waals surface area (Å²) >= 11 is 0.932. The van der Waals surface area contributed by atoms with E-state index in [0.717, 1.165) is 17.4 Å². The molecule has 0 saturated carbocycles. The molecule has 2 heterocycles. The second kappa shape index (κ2) is 6.40. The lowest BCUT2D eigenvalue weighted by Crippen LogP contribution is -2.33. The van der Waals surface area contributed by atoms with Crippen molar-refractivity contribution in [3.8, 4) is 0 Å². The number of thiazole rings is 1. The predicted octanol–water partition coefficient (Wildman–Crippen LogP) is 3.26. The van der Waals surface area contributed by atoms with E-state index in [2.05, 4.69) is 4.98 Å². The number of carboxylic acid groups (broad SMARTS) is 1. The van der Waals surface area contributed by atoms with Gasteiger partial charge in [-0.25, -0.2) is 23.4 Å². The lowest BCUT2D eigenvalue weighted by atomic mass is 10.2. The monoisotopic (exact) mass is 367 g/mol. The van der Waals surface area contributed by atoms with Crippen molar-refractivity contribution >= 4 is 28.5 Å². The van der Waals surface area contributed by atoms with Crippen LogP contribution in [-0.2, 0) is 6.54 Å². The first-order valence-corrected chi connectivity index (χ1v) is 8.31. The number of halogens is 2. The maximum atomic E-state index is 13.3. The average Bonchev–Trinajstić information content (AvgIpc) is 3.01. The molecular formula is C16H15F2N3O3S. The first kappa shape index (κ1) is 17.3. The number of carbonyl (C=O) groups excluding carboxylic acids is 1. The lowest BCUT2D eigenvalue weighted by molar-refractivity contribution is 0.0701. The van der Waals surface area contributed by atoms with Gasteiger partial charge in [0.25, 0.3) is 0 Å². The van der Waals surface area contributed by atoms with Crippen molar-refractivity contribution in [2.75, 3.05) is 11.4 Å². The van der Waals surface area contributed by atoms with Crippen LogP contribution in [0, 0.1) is 18.6 Å². The molecule has 1 aromatic carbocycles. The molecule has 2 aromatic rings. The molecule has 1 aliphatic rings. The van der Waals surface area contributed by atoms with E-state index in [-0.39, 0.29) is 23.5 Å². The molecule has 6 nitrogen and oxygen atoms in total. The second-order valence-corrected chi connectivity index (χ2v) is 6.84. The van der Waals surface area contributed by atoms with Gasteiger partial charge < -0.3 is 10.0 Å². The minimum absolute atomic E-state index is 0.0569. The maximum Gasteiger partial charge on any atom is 0.347 e. The molecule has 25 heavy (non-hydrogen) atoms. The van der Waals surface area contributed by atoms with E-state index in [9.17, 15) is 18.4 Å². The van der Waals surface area contributed by atoms with Crippen molar-refractivity contribution in [2.45, 2.75) is 26.4 Å². The maximum absolute atomic E-state index is 13.3. The van der Waals surface area contributed by atoms with Crippen LogP contribution in [0.1, 0.15) is 27.9 Å². The molecule has 0 spiro atoms. The third-order valence-electron chi connectivity index (χ3n) is 3.94. The first-order chi connectivity index (χ1) is 11.8. The standard InChI is InChI=1S/C16H15F2N3O3S/c1-8-6-21(15-19-9(2)13(25-15)14(22)23)16(24)20(8)7-10-3-11(17)5-12(18)4-10/h3-5,8H,6-7H2,1-2H3,(H,22,23)/t8-/m1/s1. The van der Waals surface area contributed by atoms with Crippen molar-refractivity contribution in [3.63, 3.8) is 0 Å². The second-order valence-electron chi connectivity index (χ2n) is 5.86. The average molecular weight is 367 g/mol. The number of hydrogen-bond acceptors (Lipinski definition) is 4. The Hall–Kier alpha value is -2.55. The summed E-state index contributed by atoms with van der Waals surface area (Å²) in [6.07, 6.45) is 0. The fourth-order valence-electron chi connectivity index (χ4n) is 2.76. The van der Waals surface area contributed by atoms with E-state index in [4.69, 9.17) is 5.11 Å². The minimum atomic E-state index is -1.09. The summed E-state index contributed by atoms with van der Waals surface area (Å²) in [5.41, 5.74) is 0.694.